The molecule has 0 heterocycles. The molecule has 0 aliphatic carbocycles. The number of ether oxygens (including phenoxy) is 3. The first-order valence-electron chi connectivity index (χ1n) is 9.27. The maximum Gasteiger partial charge on any atom is 0.0704 e. The van der Waals surface area contributed by atoms with Crippen molar-refractivity contribution in [2.75, 3.05) is 39.6 Å². The van der Waals surface area contributed by atoms with E-state index in [4.69, 9.17) is 24.4 Å². The summed E-state index contributed by atoms with van der Waals surface area (Å²) in [5.41, 5.74) is 0. The highest BCUT2D eigenvalue weighted by Crippen LogP contribution is 2.15. The smallest absolute Gasteiger partial charge is 0.0704 e. The summed E-state index contributed by atoms with van der Waals surface area (Å²) in [5, 5.41) is 17.5. The van der Waals surface area contributed by atoms with E-state index in [1.54, 1.807) is 0 Å². The van der Waals surface area contributed by atoms with Gasteiger partial charge in [-0.15, -0.1) is 0 Å². The summed E-state index contributed by atoms with van der Waals surface area (Å²) in [7, 11) is 0. The minimum absolute atomic E-state index is 0.0488. The molecule has 2 unspecified atom stereocenters. The number of hydrogen-bond donors (Lipinski definition) is 2. The Bertz CT molecular complexity index is 225. The van der Waals surface area contributed by atoms with Gasteiger partial charge in [0, 0.05) is 0 Å². The fraction of sp³-hybridized carbons (Fsp3) is 1.00. The van der Waals surface area contributed by atoms with Crippen LogP contribution in [0.5, 0.6) is 0 Å². The third kappa shape index (κ3) is 16.4. The maximum atomic E-state index is 8.82. The monoisotopic (exact) mass is 334 g/mol. The van der Waals surface area contributed by atoms with Crippen molar-refractivity contribution >= 4 is 0 Å². The molecule has 0 saturated heterocycles. The van der Waals surface area contributed by atoms with E-state index in [2.05, 4.69) is 6.92 Å². The van der Waals surface area contributed by atoms with E-state index in [0.29, 0.717) is 26.4 Å². The summed E-state index contributed by atoms with van der Waals surface area (Å²) in [6.45, 7) is 6.17. The molecule has 5 nitrogen and oxygen atoms in total. The molecule has 140 valence electrons. The lowest BCUT2D eigenvalue weighted by atomic mass is 10.0. The minimum Gasteiger partial charge on any atom is -0.394 e. The lowest BCUT2D eigenvalue weighted by Gasteiger charge is -2.22. The molecule has 2 N–H and O–H groups in total. The Balaban J connectivity index is 3.90. The number of unbranched alkanes of at least 4 members (excludes halogenated alkanes) is 5. The zero-order chi connectivity index (χ0) is 17.2. The topological polar surface area (TPSA) is 68.2 Å². The average Bonchev–Trinajstić information content (AvgIpc) is 2.55. The molecule has 0 fully saturated rings. The van der Waals surface area contributed by atoms with Crippen LogP contribution in [0.4, 0.5) is 0 Å². The minimum atomic E-state index is 0.0488. The van der Waals surface area contributed by atoms with E-state index in [1.165, 1.54) is 38.5 Å². The van der Waals surface area contributed by atoms with Crippen LogP contribution < -0.4 is 0 Å². The fourth-order valence-electron chi connectivity index (χ4n) is 2.55. The average molecular weight is 334 g/mol. The second kappa shape index (κ2) is 18.1. The van der Waals surface area contributed by atoms with Crippen molar-refractivity contribution in [2.24, 2.45) is 0 Å². The lowest BCUT2D eigenvalue weighted by molar-refractivity contribution is -0.0407. The zero-order valence-electron chi connectivity index (χ0n) is 15.2. The molecule has 0 rings (SSSR count). The van der Waals surface area contributed by atoms with Crippen molar-refractivity contribution in [3.05, 3.63) is 0 Å². The molecule has 0 radical (unpaired) electrons. The summed E-state index contributed by atoms with van der Waals surface area (Å²) in [4.78, 5) is 0. The first kappa shape index (κ1) is 22.8. The van der Waals surface area contributed by atoms with Crippen LogP contribution in [0.1, 0.15) is 65.2 Å². The van der Waals surface area contributed by atoms with Crippen molar-refractivity contribution in [1.82, 2.24) is 0 Å². The number of hydrogen-bond acceptors (Lipinski definition) is 5. The van der Waals surface area contributed by atoms with E-state index in [-0.39, 0.29) is 25.4 Å². The first-order valence-corrected chi connectivity index (χ1v) is 9.27. The molecular weight excluding hydrogens is 296 g/mol. The maximum absolute atomic E-state index is 8.82. The Morgan fingerprint density at radius 1 is 0.783 bits per heavy atom. The Labute approximate surface area is 142 Å². The summed E-state index contributed by atoms with van der Waals surface area (Å²) in [6.07, 6.45) is 9.81. The standard InChI is InChI=1S/C18H38O5/c1-3-4-5-6-7-8-9-18(16-17(2)22-13-11-20)23-15-14-21-12-10-19/h17-20H,3-16H2,1-2H3. The molecular formula is C18H38O5. The molecule has 0 bridgehead atoms. The van der Waals surface area contributed by atoms with Crippen LogP contribution in [-0.2, 0) is 14.2 Å². The zero-order valence-corrected chi connectivity index (χ0v) is 15.2. The predicted molar refractivity (Wildman–Crippen MR) is 92.8 cm³/mol. The Morgan fingerprint density at radius 2 is 1.48 bits per heavy atom. The fourth-order valence-corrected chi connectivity index (χ4v) is 2.55. The molecule has 23 heavy (non-hydrogen) atoms. The van der Waals surface area contributed by atoms with E-state index in [0.717, 1.165) is 12.8 Å². The molecule has 0 spiro atoms. The van der Waals surface area contributed by atoms with Crippen LogP contribution in [0, 0.1) is 0 Å². The van der Waals surface area contributed by atoms with Gasteiger partial charge in [0.15, 0.2) is 0 Å². The molecule has 0 aromatic carbocycles. The van der Waals surface area contributed by atoms with Crippen LogP contribution in [0.2, 0.25) is 0 Å². The Hall–Kier alpha value is -0.200. The second-order valence-corrected chi connectivity index (χ2v) is 6.03. The molecule has 0 amide bonds. The van der Waals surface area contributed by atoms with Gasteiger partial charge >= 0.3 is 0 Å². The van der Waals surface area contributed by atoms with E-state index in [9.17, 15) is 0 Å². The van der Waals surface area contributed by atoms with Crippen molar-refractivity contribution in [3.63, 3.8) is 0 Å². The van der Waals surface area contributed by atoms with Gasteiger partial charge in [0.1, 0.15) is 0 Å². The highest BCUT2D eigenvalue weighted by molar-refractivity contribution is 4.64. The molecule has 0 aromatic heterocycles. The van der Waals surface area contributed by atoms with Gasteiger partial charge in [-0.05, 0) is 19.8 Å². The highest BCUT2D eigenvalue weighted by atomic mass is 16.5. The molecule has 0 saturated carbocycles. The summed E-state index contributed by atoms with van der Waals surface area (Å²) in [5.74, 6) is 0. The van der Waals surface area contributed by atoms with Crippen LogP contribution in [-0.4, -0.2) is 62.1 Å². The molecule has 0 aliphatic rings. The van der Waals surface area contributed by atoms with Gasteiger partial charge in [-0.2, -0.15) is 0 Å². The van der Waals surface area contributed by atoms with E-state index < -0.39 is 0 Å². The van der Waals surface area contributed by atoms with Crippen molar-refractivity contribution in [2.45, 2.75) is 77.4 Å². The van der Waals surface area contributed by atoms with Gasteiger partial charge in [0.05, 0.1) is 51.8 Å². The lowest BCUT2D eigenvalue weighted by Crippen LogP contribution is -2.24. The van der Waals surface area contributed by atoms with Crippen LogP contribution in [0.3, 0.4) is 0 Å². The summed E-state index contributed by atoms with van der Waals surface area (Å²) < 4.78 is 16.7. The number of aliphatic hydroxyl groups excluding tert-OH is 2. The second-order valence-electron chi connectivity index (χ2n) is 6.03. The summed E-state index contributed by atoms with van der Waals surface area (Å²) >= 11 is 0. The van der Waals surface area contributed by atoms with Gasteiger partial charge in [0.25, 0.3) is 0 Å². The van der Waals surface area contributed by atoms with E-state index >= 15 is 0 Å². The Morgan fingerprint density at radius 3 is 2.17 bits per heavy atom. The van der Waals surface area contributed by atoms with Gasteiger partial charge < -0.3 is 24.4 Å². The highest BCUT2D eigenvalue weighted by Gasteiger charge is 2.14. The third-order valence-electron chi connectivity index (χ3n) is 3.78. The predicted octanol–water partition coefficient (Wildman–Crippen LogP) is 2.92. The van der Waals surface area contributed by atoms with Crippen molar-refractivity contribution < 1.29 is 24.4 Å². The quantitative estimate of drug-likeness (QED) is 0.377. The van der Waals surface area contributed by atoms with Gasteiger partial charge in [0.2, 0.25) is 0 Å². The van der Waals surface area contributed by atoms with Crippen molar-refractivity contribution in [1.29, 1.82) is 0 Å². The normalized spacial score (nSPS) is 14.1. The molecule has 0 aromatic rings. The van der Waals surface area contributed by atoms with Crippen LogP contribution >= 0.6 is 0 Å². The number of aliphatic hydroxyl groups is 2. The SMILES string of the molecule is CCCCCCCCC(CC(C)OCCO)OCCOCCO. The largest absolute Gasteiger partial charge is 0.394 e. The van der Waals surface area contributed by atoms with Crippen molar-refractivity contribution in [3.8, 4) is 0 Å². The summed E-state index contributed by atoms with van der Waals surface area (Å²) in [6, 6.07) is 0. The first-order chi connectivity index (χ1) is 11.2. The van der Waals surface area contributed by atoms with E-state index in [1.807, 2.05) is 6.92 Å². The van der Waals surface area contributed by atoms with Crippen LogP contribution in [0.25, 0.3) is 0 Å². The Kier molecular flexibility index (Phi) is 18.0. The van der Waals surface area contributed by atoms with Gasteiger partial charge in [-0.3, -0.25) is 0 Å². The molecule has 0 aliphatic heterocycles. The van der Waals surface area contributed by atoms with Gasteiger partial charge in [-0.25, -0.2) is 0 Å². The molecule has 5 heteroatoms. The third-order valence-corrected chi connectivity index (χ3v) is 3.78. The molecule has 2 atom stereocenters. The number of rotatable bonds is 18. The van der Waals surface area contributed by atoms with Gasteiger partial charge in [-0.1, -0.05) is 45.4 Å². The van der Waals surface area contributed by atoms with Crippen LogP contribution in [0.15, 0.2) is 0 Å².